The van der Waals surface area contributed by atoms with E-state index in [0.717, 1.165) is 25.2 Å². The maximum Gasteiger partial charge on any atom is 0.253 e. The minimum Gasteiger partial charge on any atom is -0.390 e. The van der Waals surface area contributed by atoms with Gasteiger partial charge in [-0.25, -0.2) is 4.98 Å². The van der Waals surface area contributed by atoms with Gasteiger partial charge in [-0.2, -0.15) is 0 Å². The molecule has 2 saturated heterocycles. The van der Waals surface area contributed by atoms with E-state index in [4.69, 9.17) is 11.6 Å². The molecule has 4 rings (SSSR count). The van der Waals surface area contributed by atoms with Crippen LogP contribution in [0.1, 0.15) is 23.2 Å². The second-order valence-corrected chi connectivity index (χ2v) is 7.94. The number of aliphatic hydroxyl groups excluding tert-OH is 1. The number of anilines is 1. The first-order valence-corrected chi connectivity index (χ1v) is 10.1. The number of piperidine rings is 1. The zero-order valence-corrected chi connectivity index (χ0v) is 16.4. The normalized spacial score (nSPS) is 23.2. The average molecular weight is 401 g/mol. The van der Waals surface area contributed by atoms with E-state index in [0.29, 0.717) is 36.3 Å². The number of pyridine rings is 1. The van der Waals surface area contributed by atoms with Gasteiger partial charge >= 0.3 is 0 Å². The third-order valence-corrected chi connectivity index (χ3v) is 5.84. The Kier molecular flexibility index (Phi) is 5.80. The molecule has 1 aromatic carbocycles. The summed E-state index contributed by atoms with van der Waals surface area (Å²) in [5.41, 5.74) is 0.674. The molecule has 0 spiro atoms. The standard InChI is InChI=1S/C21H25ClN4O2/c22-16-6-4-15(5-7-16)21(28)25-11-8-17(9-12-25)24-18-13-26(14-19(18)27)20-3-1-2-10-23-20/h1-7,10,17-19,24,27H,8-9,11-14H2/t18-,19-/m0/s1. The van der Waals surface area contributed by atoms with Gasteiger partial charge < -0.3 is 20.2 Å². The molecule has 2 atom stereocenters. The molecule has 2 N–H and O–H groups in total. The van der Waals surface area contributed by atoms with Crippen molar-refractivity contribution in [3.05, 3.63) is 59.2 Å². The topological polar surface area (TPSA) is 68.7 Å². The monoisotopic (exact) mass is 400 g/mol. The van der Waals surface area contributed by atoms with E-state index in [1.54, 1.807) is 30.5 Å². The Labute approximate surface area is 170 Å². The highest BCUT2D eigenvalue weighted by Gasteiger charge is 2.34. The van der Waals surface area contributed by atoms with Gasteiger partial charge in [0.1, 0.15) is 5.82 Å². The largest absolute Gasteiger partial charge is 0.390 e. The second-order valence-electron chi connectivity index (χ2n) is 7.51. The number of nitrogens with one attached hydrogen (secondary N) is 1. The third-order valence-electron chi connectivity index (χ3n) is 5.59. The minimum absolute atomic E-state index is 0.0190. The Morgan fingerprint density at radius 2 is 1.86 bits per heavy atom. The van der Waals surface area contributed by atoms with Crippen LogP contribution in [0.2, 0.25) is 5.02 Å². The molecule has 148 valence electrons. The van der Waals surface area contributed by atoms with Crippen molar-refractivity contribution in [3.63, 3.8) is 0 Å². The van der Waals surface area contributed by atoms with E-state index in [2.05, 4.69) is 15.2 Å². The lowest BCUT2D eigenvalue weighted by Crippen LogP contribution is -2.50. The number of amides is 1. The molecule has 0 radical (unpaired) electrons. The molecule has 0 aliphatic carbocycles. The van der Waals surface area contributed by atoms with Crippen molar-refractivity contribution in [1.29, 1.82) is 0 Å². The van der Waals surface area contributed by atoms with Gasteiger partial charge in [0.25, 0.3) is 5.91 Å². The molecule has 6 nitrogen and oxygen atoms in total. The maximum atomic E-state index is 12.6. The minimum atomic E-state index is -0.421. The number of aliphatic hydroxyl groups is 1. The molecule has 0 saturated carbocycles. The van der Waals surface area contributed by atoms with Crippen LogP contribution in [-0.4, -0.2) is 65.3 Å². The number of hydrogen-bond donors (Lipinski definition) is 2. The zero-order chi connectivity index (χ0) is 19.5. The van der Waals surface area contributed by atoms with Crippen molar-refractivity contribution in [3.8, 4) is 0 Å². The summed E-state index contributed by atoms with van der Waals surface area (Å²) in [6.45, 7) is 2.75. The van der Waals surface area contributed by atoms with Gasteiger partial charge in [-0.3, -0.25) is 4.79 Å². The maximum absolute atomic E-state index is 12.6. The number of rotatable bonds is 4. The van der Waals surface area contributed by atoms with Crippen LogP contribution >= 0.6 is 11.6 Å². The van der Waals surface area contributed by atoms with Gasteiger partial charge in [-0.1, -0.05) is 17.7 Å². The van der Waals surface area contributed by atoms with Gasteiger partial charge in [-0.15, -0.1) is 0 Å². The number of nitrogens with zero attached hydrogens (tertiary/aromatic N) is 3. The summed E-state index contributed by atoms with van der Waals surface area (Å²) in [5, 5.41) is 14.7. The molecule has 7 heteroatoms. The first-order valence-electron chi connectivity index (χ1n) is 9.75. The lowest BCUT2D eigenvalue weighted by Gasteiger charge is -2.34. The first-order chi connectivity index (χ1) is 13.6. The number of β-amino-alcohol motifs (C(OH)–C–C–N with tert-alkyl or cyclic N) is 1. The number of carbonyl (C=O) groups is 1. The molecule has 28 heavy (non-hydrogen) atoms. The molecule has 2 aliphatic rings. The number of carbonyl (C=O) groups excluding carboxylic acids is 1. The lowest BCUT2D eigenvalue weighted by atomic mass is 10.0. The molecule has 1 aromatic heterocycles. The Hall–Kier alpha value is -2.15. The molecular formula is C21H25ClN4O2. The third kappa shape index (κ3) is 4.29. The van der Waals surface area contributed by atoms with Crippen LogP contribution in [0.15, 0.2) is 48.7 Å². The highest BCUT2D eigenvalue weighted by molar-refractivity contribution is 6.30. The van der Waals surface area contributed by atoms with Crippen molar-refractivity contribution in [2.24, 2.45) is 0 Å². The average Bonchev–Trinajstić information content (AvgIpc) is 3.10. The van der Waals surface area contributed by atoms with E-state index < -0.39 is 6.10 Å². The Bertz CT molecular complexity index is 794. The predicted molar refractivity (Wildman–Crippen MR) is 110 cm³/mol. The summed E-state index contributed by atoms with van der Waals surface area (Å²) in [7, 11) is 0. The van der Waals surface area contributed by atoms with Crippen molar-refractivity contribution in [1.82, 2.24) is 15.2 Å². The lowest BCUT2D eigenvalue weighted by molar-refractivity contribution is 0.0691. The quantitative estimate of drug-likeness (QED) is 0.823. The summed E-state index contributed by atoms with van der Waals surface area (Å²) in [4.78, 5) is 21.0. The van der Waals surface area contributed by atoms with Crippen LogP contribution in [0.5, 0.6) is 0 Å². The zero-order valence-electron chi connectivity index (χ0n) is 15.7. The summed E-state index contributed by atoms with van der Waals surface area (Å²) >= 11 is 5.90. The number of halogens is 1. The van der Waals surface area contributed by atoms with Crippen LogP contribution in [0.25, 0.3) is 0 Å². The van der Waals surface area contributed by atoms with E-state index in [9.17, 15) is 9.90 Å². The first kappa shape index (κ1) is 19.2. The number of aromatic nitrogens is 1. The summed E-state index contributed by atoms with van der Waals surface area (Å²) in [5.74, 6) is 0.951. The van der Waals surface area contributed by atoms with Gasteiger partial charge in [0, 0.05) is 49.0 Å². The highest BCUT2D eigenvalue weighted by Crippen LogP contribution is 2.21. The molecule has 1 amide bonds. The van der Waals surface area contributed by atoms with E-state index in [-0.39, 0.29) is 11.9 Å². The number of hydrogen-bond acceptors (Lipinski definition) is 5. The van der Waals surface area contributed by atoms with Crippen molar-refractivity contribution in [2.45, 2.75) is 31.0 Å². The van der Waals surface area contributed by atoms with E-state index >= 15 is 0 Å². The van der Waals surface area contributed by atoms with Gasteiger partial charge in [0.15, 0.2) is 0 Å². The Morgan fingerprint density at radius 3 is 2.54 bits per heavy atom. The van der Waals surface area contributed by atoms with Crippen molar-refractivity contribution >= 4 is 23.3 Å². The summed E-state index contributed by atoms with van der Waals surface area (Å²) in [6, 6.07) is 13.2. The fraction of sp³-hybridized carbons (Fsp3) is 0.429. The SMILES string of the molecule is O=C(c1ccc(Cl)cc1)N1CCC(N[C@H]2CN(c3ccccn3)C[C@@H]2O)CC1. The van der Waals surface area contributed by atoms with Crippen LogP contribution in [0.3, 0.4) is 0 Å². The molecule has 2 aromatic rings. The van der Waals surface area contributed by atoms with Gasteiger partial charge in [0.05, 0.1) is 12.1 Å². The Balaban J connectivity index is 1.28. The number of benzene rings is 1. The molecule has 2 fully saturated rings. The summed E-state index contributed by atoms with van der Waals surface area (Å²) < 4.78 is 0. The van der Waals surface area contributed by atoms with E-state index in [1.165, 1.54) is 0 Å². The fourth-order valence-electron chi connectivity index (χ4n) is 4.01. The van der Waals surface area contributed by atoms with Crippen LogP contribution in [0.4, 0.5) is 5.82 Å². The van der Waals surface area contributed by atoms with Crippen LogP contribution < -0.4 is 10.2 Å². The molecule has 0 bridgehead atoms. The van der Waals surface area contributed by atoms with Gasteiger partial charge in [-0.05, 0) is 49.2 Å². The molecule has 0 unspecified atom stereocenters. The smallest absolute Gasteiger partial charge is 0.253 e. The van der Waals surface area contributed by atoms with Crippen LogP contribution in [0, 0.1) is 0 Å². The molecule has 3 heterocycles. The molecular weight excluding hydrogens is 376 g/mol. The predicted octanol–water partition coefficient (Wildman–Crippen LogP) is 2.18. The van der Waals surface area contributed by atoms with E-state index in [1.807, 2.05) is 23.1 Å². The van der Waals surface area contributed by atoms with Gasteiger partial charge in [0.2, 0.25) is 0 Å². The summed E-state index contributed by atoms with van der Waals surface area (Å²) in [6.07, 6.45) is 3.12. The number of likely N-dealkylation sites (tertiary alicyclic amines) is 1. The van der Waals surface area contributed by atoms with Crippen LogP contribution in [-0.2, 0) is 0 Å². The van der Waals surface area contributed by atoms with Crippen molar-refractivity contribution < 1.29 is 9.90 Å². The van der Waals surface area contributed by atoms with Crippen molar-refractivity contribution in [2.75, 3.05) is 31.1 Å². The Morgan fingerprint density at radius 1 is 1.11 bits per heavy atom. The highest BCUT2D eigenvalue weighted by atomic mass is 35.5. The fourth-order valence-corrected chi connectivity index (χ4v) is 4.13. The molecule has 2 aliphatic heterocycles. The second kappa shape index (κ2) is 8.47.